The quantitative estimate of drug-likeness (QED) is 0.442. The van der Waals surface area contributed by atoms with Crippen molar-refractivity contribution in [3.05, 3.63) is 56.3 Å². The summed E-state index contributed by atoms with van der Waals surface area (Å²) in [6.45, 7) is 0.364. The van der Waals surface area contributed by atoms with Crippen LogP contribution in [0.5, 0.6) is 0 Å². The zero-order chi connectivity index (χ0) is 14.5. The van der Waals surface area contributed by atoms with Crippen molar-refractivity contribution in [2.24, 2.45) is 5.84 Å². The van der Waals surface area contributed by atoms with E-state index in [9.17, 15) is 14.9 Å². The first-order valence-electron chi connectivity index (χ1n) is 5.68. The van der Waals surface area contributed by atoms with Crippen LogP contribution in [-0.2, 0) is 6.54 Å². The topological polar surface area (TPSA) is 110 Å². The van der Waals surface area contributed by atoms with E-state index in [1.165, 1.54) is 29.5 Å². The SMILES string of the molecule is NNc1c(C(=O)NCc2cccs2)cccc1[N+](=O)[O-]. The van der Waals surface area contributed by atoms with Crippen LogP contribution in [0.15, 0.2) is 35.7 Å². The molecule has 0 unspecified atom stereocenters. The number of carbonyl (C=O) groups excluding carboxylic acids is 1. The number of carbonyl (C=O) groups is 1. The molecule has 0 aliphatic rings. The van der Waals surface area contributed by atoms with Gasteiger partial charge >= 0.3 is 0 Å². The molecular formula is C12H12N4O3S. The molecule has 0 radical (unpaired) electrons. The molecule has 104 valence electrons. The molecule has 0 aliphatic heterocycles. The predicted molar refractivity (Wildman–Crippen MR) is 76.4 cm³/mol. The molecule has 8 heteroatoms. The van der Waals surface area contributed by atoms with Crippen LogP contribution in [0.3, 0.4) is 0 Å². The van der Waals surface area contributed by atoms with Crippen LogP contribution in [-0.4, -0.2) is 10.8 Å². The Morgan fingerprint density at radius 1 is 1.35 bits per heavy atom. The molecule has 0 fully saturated rings. The van der Waals surface area contributed by atoms with E-state index in [1.807, 2.05) is 17.5 Å². The number of nitrogens with one attached hydrogen (secondary N) is 2. The van der Waals surface area contributed by atoms with Gasteiger partial charge in [0.1, 0.15) is 5.69 Å². The Bertz CT molecular complexity index is 628. The van der Waals surface area contributed by atoms with Gasteiger partial charge < -0.3 is 10.7 Å². The molecule has 0 saturated heterocycles. The predicted octanol–water partition coefficient (Wildman–Crippen LogP) is 1.87. The van der Waals surface area contributed by atoms with Gasteiger partial charge in [0.05, 0.1) is 17.0 Å². The number of benzene rings is 1. The fraction of sp³-hybridized carbons (Fsp3) is 0.0833. The number of thiophene rings is 1. The number of hydrazine groups is 1. The van der Waals surface area contributed by atoms with E-state index >= 15 is 0 Å². The third-order valence-corrected chi connectivity index (χ3v) is 3.51. The Morgan fingerprint density at radius 3 is 2.75 bits per heavy atom. The van der Waals surface area contributed by atoms with Crippen LogP contribution >= 0.6 is 11.3 Å². The van der Waals surface area contributed by atoms with E-state index in [0.717, 1.165) is 4.88 Å². The Balaban J connectivity index is 2.21. The molecule has 1 amide bonds. The van der Waals surface area contributed by atoms with Crippen molar-refractivity contribution in [1.82, 2.24) is 5.32 Å². The van der Waals surface area contributed by atoms with E-state index in [2.05, 4.69) is 10.7 Å². The van der Waals surface area contributed by atoms with Gasteiger partial charge in [0.2, 0.25) is 0 Å². The molecule has 0 atom stereocenters. The number of para-hydroxylation sites is 1. The second-order valence-corrected chi connectivity index (χ2v) is 4.90. The maximum absolute atomic E-state index is 12.1. The Hall–Kier alpha value is -2.45. The van der Waals surface area contributed by atoms with Crippen molar-refractivity contribution in [2.45, 2.75) is 6.54 Å². The van der Waals surface area contributed by atoms with Crippen molar-refractivity contribution in [3.8, 4) is 0 Å². The molecule has 0 spiro atoms. The van der Waals surface area contributed by atoms with Crippen molar-refractivity contribution in [1.29, 1.82) is 0 Å². The van der Waals surface area contributed by atoms with Gasteiger partial charge in [-0.3, -0.25) is 20.8 Å². The number of hydrogen-bond acceptors (Lipinski definition) is 6. The van der Waals surface area contributed by atoms with E-state index < -0.39 is 10.8 Å². The molecule has 1 aromatic heterocycles. The minimum atomic E-state index is -0.592. The van der Waals surface area contributed by atoms with Crippen LogP contribution in [0.1, 0.15) is 15.2 Å². The molecule has 7 nitrogen and oxygen atoms in total. The van der Waals surface area contributed by atoms with E-state index in [4.69, 9.17) is 5.84 Å². The molecule has 0 saturated carbocycles. The molecule has 1 aromatic carbocycles. The van der Waals surface area contributed by atoms with Gasteiger partial charge in [0, 0.05) is 10.9 Å². The average molecular weight is 292 g/mol. The average Bonchev–Trinajstić information content (AvgIpc) is 2.97. The van der Waals surface area contributed by atoms with E-state index in [1.54, 1.807) is 0 Å². The third-order valence-electron chi connectivity index (χ3n) is 2.63. The highest BCUT2D eigenvalue weighted by atomic mass is 32.1. The lowest BCUT2D eigenvalue weighted by atomic mass is 10.1. The van der Waals surface area contributed by atoms with Gasteiger partial charge in [-0.25, -0.2) is 0 Å². The number of nitrogen functional groups attached to an aromatic ring is 1. The van der Waals surface area contributed by atoms with Crippen molar-refractivity contribution in [3.63, 3.8) is 0 Å². The first-order valence-corrected chi connectivity index (χ1v) is 6.56. The van der Waals surface area contributed by atoms with Gasteiger partial charge in [-0.15, -0.1) is 11.3 Å². The summed E-state index contributed by atoms with van der Waals surface area (Å²) < 4.78 is 0. The van der Waals surface area contributed by atoms with Crippen LogP contribution in [0.25, 0.3) is 0 Å². The zero-order valence-electron chi connectivity index (χ0n) is 10.3. The minimum absolute atomic E-state index is 0.00109. The number of nitrogens with two attached hydrogens (primary N) is 1. The van der Waals surface area contributed by atoms with Gasteiger partial charge in [-0.2, -0.15) is 0 Å². The molecular weight excluding hydrogens is 280 g/mol. The van der Waals surface area contributed by atoms with Gasteiger partial charge in [-0.1, -0.05) is 12.1 Å². The second kappa shape index (κ2) is 6.13. The lowest BCUT2D eigenvalue weighted by molar-refractivity contribution is -0.384. The first kappa shape index (κ1) is 14.0. The van der Waals surface area contributed by atoms with Gasteiger partial charge in [0.25, 0.3) is 11.6 Å². The number of rotatable bonds is 5. The first-order chi connectivity index (χ1) is 9.63. The number of nitrogens with zero attached hydrogens (tertiary/aromatic N) is 1. The summed E-state index contributed by atoms with van der Waals surface area (Å²) >= 11 is 1.51. The fourth-order valence-corrected chi connectivity index (χ4v) is 2.35. The summed E-state index contributed by atoms with van der Waals surface area (Å²) in [6, 6.07) is 7.98. The molecule has 20 heavy (non-hydrogen) atoms. The summed E-state index contributed by atoms with van der Waals surface area (Å²) in [7, 11) is 0. The summed E-state index contributed by atoms with van der Waals surface area (Å²) in [5.74, 6) is 4.86. The molecule has 0 aliphatic carbocycles. The Labute approximate surface area is 118 Å². The van der Waals surface area contributed by atoms with Crippen LogP contribution in [0, 0.1) is 10.1 Å². The highest BCUT2D eigenvalue weighted by molar-refractivity contribution is 7.09. The number of nitro groups is 1. The largest absolute Gasteiger partial charge is 0.347 e. The van der Waals surface area contributed by atoms with E-state index in [0.29, 0.717) is 6.54 Å². The number of amides is 1. The van der Waals surface area contributed by atoms with Gasteiger partial charge in [-0.05, 0) is 17.5 Å². The Kier molecular flexibility index (Phi) is 4.28. The summed E-state index contributed by atoms with van der Waals surface area (Å²) in [6.07, 6.45) is 0. The standard InChI is InChI=1S/C12H12N4O3S/c13-15-11-9(4-1-5-10(11)16(18)19)12(17)14-7-8-3-2-6-20-8/h1-6,15H,7,13H2,(H,14,17). The highest BCUT2D eigenvalue weighted by Gasteiger charge is 2.20. The van der Waals surface area contributed by atoms with Crippen LogP contribution in [0.4, 0.5) is 11.4 Å². The smallest absolute Gasteiger partial charge is 0.294 e. The fourth-order valence-electron chi connectivity index (χ4n) is 1.71. The zero-order valence-corrected chi connectivity index (χ0v) is 11.1. The molecule has 4 N–H and O–H groups in total. The monoisotopic (exact) mass is 292 g/mol. The Morgan fingerprint density at radius 2 is 2.15 bits per heavy atom. The second-order valence-electron chi connectivity index (χ2n) is 3.86. The van der Waals surface area contributed by atoms with Crippen molar-refractivity contribution >= 4 is 28.6 Å². The third kappa shape index (κ3) is 2.92. The summed E-state index contributed by atoms with van der Waals surface area (Å²) in [4.78, 5) is 23.3. The normalized spacial score (nSPS) is 10.1. The number of nitro benzene ring substituents is 1. The summed E-state index contributed by atoms with van der Waals surface area (Å²) in [5, 5.41) is 15.5. The number of hydrogen-bond donors (Lipinski definition) is 3. The van der Waals surface area contributed by atoms with E-state index in [-0.39, 0.29) is 16.9 Å². The molecule has 2 aromatic rings. The van der Waals surface area contributed by atoms with Gasteiger partial charge in [0.15, 0.2) is 0 Å². The lowest BCUT2D eigenvalue weighted by Crippen LogP contribution is -2.24. The molecule has 0 bridgehead atoms. The summed E-state index contributed by atoms with van der Waals surface area (Å²) in [5.41, 5.74) is 2.12. The van der Waals surface area contributed by atoms with Crippen LogP contribution in [0.2, 0.25) is 0 Å². The van der Waals surface area contributed by atoms with Crippen LogP contribution < -0.4 is 16.6 Å². The minimum Gasteiger partial charge on any atom is -0.347 e. The van der Waals surface area contributed by atoms with Crippen molar-refractivity contribution < 1.29 is 9.72 Å². The maximum atomic E-state index is 12.1. The number of anilines is 1. The lowest BCUT2D eigenvalue weighted by Gasteiger charge is -2.09. The highest BCUT2D eigenvalue weighted by Crippen LogP contribution is 2.27. The molecule has 1 heterocycles. The van der Waals surface area contributed by atoms with Crippen molar-refractivity contribution in [2.75, 3.05) is 5.43 Å². The maximum Gasteiger partial charge on any atom is 0.294 e. The molecule has 2 rings (SSSR count).